The average molecular weight is 291 g/mol. The van der Waals surface area contributed by atoms with Crippen LogP contribution in [0.25, 0.3) is 0 Å². The molecule has 1 aromatic rings. The van der Waals surface area contributed by atoms with Crippen LogP contribution in [0, 0.1) is 0 Å². The summed E-state index contributed by atoms with van der Waals surface area (Å²) in [5.41, 5.74) is 2.87. The molecular formula is C18H29NO2. The number of unbranched alkanes of at least 4 members (excludes halogenated alkanes) is 1. The third-order valence-corrected chi connectivity index (χ3v) is 4.11. The Morgan fingerprint density at radius 1 is 1.24 bits per heavy atom. The SMILES string of the molecule is CCCNC1CCCc2c(OCCCCOC)cccc21. The van der Waals surface area contributed by atoms with Crippen molar-refractivity contribution in [1.82, 2.24) is 5.32 Å². The van der Waals surface area contributed by atoms with E-state index in [1.807, 2.05) is 0 Å². The maximum atomic E-state index is 6.02. The van der Waals surface area contributed by atoms with Gasteiger partial charge in [-0.2, -0.15) is 0 Å². The van der Waals surface area contributed by atoms with E-state index in [-0.39, 0.29) is 0 Å². The molecule has 1 aliphatic carbocycles. The van der Waals surface area contributed by atoms with Crippen LogP contribution in [0.4, 0.5) is 0 Å². The molecule has 2 rings (SSSR count). The largest absolute Gasteiger partial charge is 0.493 e. The van der Waals surface area contributed by atoms with Crippen LogP contribution < -0.4 is 10.1 Å². The maximum absolute atomic E-state index is 6.02. The van der Waals surface area contributed by atoms with Crippen LogP contribution in [0.5, 0.6) is 5.75 Å². The fourth-order valence-electron chi connectivity index (χ4n) is 3.01. The summed E-state index contributed by atoms with van der Waals surface area (Å²) >= 11 is 0. The molecule has 0 fully saturated rings. The second-order valence-corrected chi connectivity index (χ2v) is 5.77. The van der Waals surface area contributed by atoms with Crippen molar-refractivity contribution in [2.75, 3.05) is 26.9 Å². The summed E-state index contributed by atoms with van der Waals surface area (Å²) in [4.78, 5) is 0. The number of methoxy groups -OCH3 is 1. The molecule has 0 bridgehead atoms. The molecule has 118 valence electrons. The first-order valence-electron chi connectivity index (χ1n) is 8.33. The van der Waals surface area contributed by atoms with Gasteiger partial charge in [0.15, 0.2) is 0 Å². The van der Waals surface area contributed by atoms with E-state index in [2.05, 4.69) is 30.4 Å². The Morgan fingerprint density at radius 2 is 2.10 bits per heavy atom. The van der Waals surface area contributed by atoms with Gasteiger partial charge < -0.3 is 14.8 Å². The van der Waals surface area contributed by atoms with Crippen molar-refractivity contribution in [3.8, 4) is 5.75 Å². The smallest absolute Gasteiger partial charge is 0.122 e. The van der Waals surface area contributed by atoms with Gasteiger partial charge in [0.25, 0.3) is 0 Å². The first-order valence-corrected chi connectivity index (χ1v) is 8.33. The first-order chi connectivity index (χ1) is 10.4. The normalized spacial score (nSPS) is 17.5. The standard InChI is InChI=1S/C18H29NO2/c1-3-12-19-17-10-6-9-16-15(17)8-7-11-18(16)21-14-5-4-13-20-2/h7-8,11,17,19H,3-6,9-10,12-14H2,1-2H3. The quantitative estimate of drug-likeness (QED) is 0.701. The molecule has 3 nitrogen and oxygen atoms in total. The Balaban J connectivity index is 1.96. The summed E-state index contributed by atoms with van der Waals surface area (Å²) in [6, 6.07) is 7.03. The van der Waals surface area contributed by atoms with Gasteiger partial charge in [0, 0.05) is 19.8 Å². The minimum atomic E-state index is 0.505. The van der Waals surface area contributed by atoms with Gasteiger partial charge in [-0.05, 0) is 62.3 Å². The van der Waals surface area contributed by atoms with E-state index >= 15 is 0 Å². The number of hydrogen-bond acceptors (Lipinski definition) is 3. The fourth-order valence-corrected chi connectivity index (χ4v) is 3.01. The van der Waals surface area contributed by atoms with Gasteiger partial charge in [-0.25, -0.2) is 0 Å². The molecule has 1 unspecified atom stereocenters. The van der Waals surface area contributed by atoms with Gasteiger partial charge in [0.05, 0.1) is 6.61 Å². The summed E-state index contributed by atoms with van der Waals surface area (Å²) in [6.07, 6.45) is 6.93. The zero-order valence-corrected chi connectivity index (χ0v) is 13.5. The van der Waals surface area contributed by atoms with Gasteiger partial charge in [0.2, 0.25) is 0 Å². The molecule has 1 aromatic carbocycles. The van der Waals surface area contributed by atoms with E-state index in [1.54, 1.807) is 7.11 Å². The second kappa shape index (κ2) is 9.06. The highest BCUT2D eigenvalue weighted by molar-refractivity contribution is 5.43. The number of fused-ring (bicyclic) bond motifs is 1. The van der Waals surface area contributed by atoms with Crippen LogP contribution >= 0.6 is 0 Å². The topological polar surface area (TPSA) is 30.5 Å². The van der Waals surface area contributed by atoms with Crippen LogP contribution in [-0.4, -0.2) is 26.9 Å². The molecule has 0 aliphatic heterocycles. The molecule has 0 aromatic heterocycles. The summed E-state index contributed by atoms with van der Waals surface area (Å²) in [5, 5.41) is 3.67. The third kappa shape index (κ3) is 4.72. The summed E-state index contributed by atoms with van der Waals surface area (Å²) in [6.45, 7) is 4.91. The lowest BCUT2D eigenvalue weighted by molar-refractivity contribution is 0.184. The van der Waals surface area contributed by atoms with Crippen molar-refractivity contribution >= 4 is 0 Å². The number of ether oxygens (including phenoxy) is 2. The van der Waals surface area contributed by atoms with Crippen LogP contribution in [0.1, 0.15) is 56.2 Å². The van der Waals surface area contributed by atoms with Crippen LogP contribution in [-0.2, 0) is 11.2 Å². The van der Waals surface area contributed by atoms with E-state index in [9.17, 15) is 0 Å². The minimum Gasteiger partial charge on any atom is -0.493 e. The molecular weight excluding hydrogens is 262 g/mol. The lowest BCUT2D eigenvalue weighted by Crippen LogP contribution is -2.26. The summed E-state index contributed by atoms with van der Waals surface area (Å²) in [7, 11) is 1.75. The van der Waals surface area contributed by atoms with Crippen molar-refractivity contribution in [1.29, 1.82) is 0 Å². The number of nitrogens with one attached hydrogen (secondary N) is 1. The molecule has 1 atom stereocenters. The Kier molecular flexibility index (Phi) is 7.04. The predicted octanol–water partition coefficient (Wildman–Crippen LogP) is 3.87. The van der Waals surface area contributed by atoms with Crippen LogP contribution in [0.3, 0.4) is 0 Å². The molecule has 0 amide bonds. The van der Waals surface area contributed by atoms with E-state index in [0.717, 1.165) is 44.8 Å². The highest BCUT2D eigenvalue weighted by Gasteiger charge is 2.22. The molecule has 0 spiro atoms. The monoisotopic (exact) mass is 291 g/mol. The lowest BCUT2D eigenvalue weighted by atomic mass is 9.87. The average Bonchev–Trinajstić information content (AvgIpc) is 2.53. The van der Waals surface area contributed by atoms with Crippen LogP contribution in [0.15, 0.2) is 18.2 Å². The molecule has 0 radical (unpaired) electrons. The molecule has 1 aliphatic rings. The number of rotatable bonds is 9. The highest BCUT2D eigenvalue weighted by Crippen LogP contribution is 2.35. The maximum Gasteiger partial charge on any atom is 0.122 e. The van der Waals surface area contributed by atoms with E-state index in [0.29, 0.717) is 6.04 Å². The summed E-state index contributed by atoms with van der Waals surface area (Å²) < 4.78 is 11.1. The molecule has 0 saturated heterocycles. The van der Waals surface area contributed by atoms with Crippen LogP contribution in [0.2, 0.25) is 0 Å². The van der Waals surface area contributed by atoms with Crippen molar-refractivity contribution in [2.45, 2.75) is 51.5 Å². The predicted molar refractivity (Wildman–Crippen MR) is 87.0 cm³/mol. The number of hydrogen-bond donors (Lipinski definition) is 1. The van der Waals surface area contributed by atoms with E-state index < -0.39 is 0 Å². The Labute approximate surface area is 129 Å². The van der Waals surface area contributed by atoms with Crippen molar-refractivity contribution in [2.24, 2.45) is 0 Å². The zero-order valence-electron chi connectivity index (χ0n) is 13.5. The Bertz CT molecular complexity index is 420. The highest BCUT2D eigenvalue weighted by atomic mass is 16.5. The van der Waals surface area contributed by atoms with E-state index in [1.165, 1.54) is 30.4 Å². The Hall–Kier alpha value is -1.06. The molecule has 0 heterocycles. The molecule has 21 heavy (non-hydrogen) atoms. The molecule has 3 heteroatoms. The third-order valence-electron chi connectivity index (χ3n) is 4.11. The van der Waals surface area contributed by atoms with Gasteiger partial charge in [-0.1, -0.05) is 19.1 Å². The minimum absolute atomic E-state index is 0.505. The summed E-state index contributed by atoms with van der Waals surface area (Å²) in [5.74, 6) is 1.09. The van der Waals surface area contributed by atoms with Crippen molar-refractivity contribution in [3.63, 3.8) is 0 Å². The second-order valence-electron chi connectivity index (χ2n) is 5.77. The van der Waals surface area contributed by atoms with Crippen molar-refractivity contribution in [3.05, 3.63) is 29.3 Å². The lowest BCUT2D eigenvalue weighted by Gasteiger charge is -2.28. The first kappa shape index (κ1) is 16.3. The van der Waals surface area contributed by atoms with Gasteiger partial charge in [0.1, 0.15) is 5.75 Å². The zero-order chi connectivity index (χ0) is 14.9. The van der Waals surface area contributed by atoms with Gasteiger partial charge >= 0.3 is 0 Å². The number of benzene rings is 1. The van der Waals surface area contributed by atoms with Gasteiger partial charge in [-0.3, -0.25) is 0 Å². The molecule has 1 N–H and O–H groups in total. The fraction of sp³-hybridized carbons (Fsp3) is 0.667. The van der Waals surface area contributed by atoms with Gasteiger partial charge in [-0.15, -0.1) is 0 Å². The van der Waals surface area contributed by atoms with E-state index in [4.69, 9.17) is 9.47 Å². The van der Waals surface area contributed by atoms with Crippen molar-refractivity contribution < 1.29 is 9.47 Å². The molecule has 0 saturated carbocycles. The Morgan fingerprint density at radius 3 is 2.90 bits per heavy atom.